The van der Waals surface area contributed by atoms with E-state index in [9.17, 15) is 13.6 Å². The molecule has 0 amide bonds. The van der Waals surface area contributed by atoms with Crippen molar-refractivity contribution in [1.29, 1.82) is 0 Å². The highest BCUT2D eigenvalue weighted by molar-refractivity contribution is 6.03. The summed E-state index contributed by atoms with van der Waals surface area (Å²) < 4.78 is 27.3. The lowest BCUT2D eigenvalue weighted by Crippen LogP contribution is -2.53. The van der Waals surface area contributed by atoms with E-state index >= 15 is 0 Å². The van der Waals surface area contributed by atoms with E-state index in [0.717, 1.165) is 44.1 Å². The van der Waals surface area contributed by atoms with Crippen molar-refractivity contribution >= 4 is 5.78 Å². The number of rotatable bonds is 5. The lowest BCUT2D eigenvalue weighted by molar-refractivity contribution is 0.0576. The van der Waals surface area contributed by atoms with Crippen LogP contribution in [0.2, 0.25) is 0 Å². The molecule has 0 aromatic heterocycles. The van der Waals surface area contributed by atoms with Gasteiger partial charge in [0.05, 0.1) is 11.1 Å². The Hall–Kier alpha value is -1.29. The topological polar surface area (TPSA) is 20.3 Å². The number of hydrogen-bond acceptors (Lipinski definition) is 2. The van der Waals surface area contributed by atoms with E-state index in [1.165, 1.54) is 0 Å². The Labute approximate surface area is 118 Å². The molecule has 2 nitrogen and oxygen atoms in total. The number of ketones is 1. The van der Waals surface area contributed by atoms with Gasteiger partial charge in [0.25, 0.3) is 0 Å². The zero-order valence-corrected chi connectivity index (χ0v) is 12.1. The molecule has 2 rings (SSSR count). The lowest BCUT2D eigenvalue weighted by Gasteiger charge is -2.39. The van der Waals surface area contributed by atoms with Crippen LogP contribution in [0.4, 0.5) is 8.78 Å². The highest BCUT2D eigenvalue weighted by atomic mass is 19.1. The third-order valence-electron chi connectivity index (χ3n) is 4.48. The predicted molar refractivity (Wildman–Crippen MR) is 74.8 cm³/mol. The molecule has 0 radical (unpaired) electrons. The largest absolute Gasteiger partial charge is 0.292 e. The van der Waals surface area contributed by atoms with Gasteiger partial charge in [0.15, 0.2) is 5.78 Å². The van der Waals surface area contributed by atoms with Crippen molar-refractivity contribution in [1.82, 2.24) is 4.90 Å². The quantitative estimate of drug-likeness (QED) is 0.765. The molecule has 0 N–H and O–H groups in total. The number of benzene rings is 1. The summed E-state index contributed by atoms with van der Waals surface area (Å²) in [5.74, 6) is -1.50. The Bertz CT molecular complexity index is 491. The first kappa shape index (κ1) is 15.1. The Morgan fingerprint density at radius 1 is 1.20 bits per heavy atom. The fourth-order valence-electron chi connectivity index (χ4n) is 3.23. The van der Waals surface area contributed by atoms with Gasteiger partial charge in [0, 0.05) is 0 Å². The predicted octanol–water partition coefficient (Wildman–Crippen LogP) is 3.80. The molecule has 1 heterocycles. The van der Waals surface area contributed by atoms with Crippen molar-refractivity contribution in [2.75, 3.05) is 13.1 Å². The van der Waals surface area contributed by atoms with Crippen LogP contribution in [0.15, 0.2) is 18.2 Å². The Morgan fingerprint density at radius 2 is 1.80 bits per heavy atom. The average Bonchev–Trinajstić information content (AvgIpc) is 2.98. The summed E-state index contributed by atoms with van der Waals surface area (Å²) in [4.78, 5) is 15.0. The van der Waals surface area contributed by atoms with Gasteiger partial charge in [-0.05, 0) is 57.0 Å². The number of nitrogens with zero attached hydrogens (tertiary/aromatic N) is 1. The van der Waals surface area contributed by atoms with Crippen molar-refractivity contribution in [2.45, 2.75) is 45.1 Å². The Kier molecular flexibility index (Phi) is 4.53. The number of likely N-dealkylation sites (tertiary alicyclic amines) is 1. The van der Waals surface area contributed by atoms with E-state index in [1.54, 1.807) is 0 Å². The van der Waals surface area contributed by atoms with Crippen LogP contribution in [0.1, 0.15) is 49.9 Å². The SMILES string of the molecule is CCC(CC)(C(=O)c1cc(F)ccc1F)N1CCCC1. The van der Waals surface area contributed by atoms with Gasteiger partial charge in [-0.3, -0.25) is 9.69 Å². The first-order chi connectivity index (χ1) is 9.55. The summed E-state index contributed by atoms with van der Waals surface area (Å²) in [6.07, 6.45) is 3.33. The molecular weight excluding hydrogens is 260 g/mol. The van der Waals surface area contributed by atoms with Gasteiger partial charge < -0.3 is 0 Å². The molecule has 0 spiro atoms. The average molecular weight is 281 g/mol. The fraction of sp³-hybridized carbons (Fsp3) is 0.562. The van der Waals surface area contributed by atoms with Gasteiger partial charge in [0.1, 0.15) is 11.6 Å². The minimum Gasteiger partial charge on any atom is -0.292 e. The van der Waals surface area contributed by atoms with Crippen molar-refractivity contribution in [2.24, 2.45) is 0 Å². The second kappa shape index (κ2) is 6.00. The van der Waals surface area contributed by atoms with E-state index < -0.39 is 17.2 Å². The smallest absolute Gasteiger partial charge is 0.186 e. The number of hydrogen-bond donors (Lipinski definition) is 0. The lowest BCUT2D eigenvalue weighted by atomic mass is 9.82. The van der Waals surface area contributed by atoms with E-state index in [-0.39, 0.29) is 11.3 Å². The number of Topliss-reactive ketones (excluding diaryl/α,β-unsaturated/α-hetero) is 1. The van der Waals surface area contributed by atoms with E-state index in [2.05, 4.69) is 4.90 Å². The maximum Gasteiger partial charge on any atom is 0.186 e. The summed E-state index contributed by atoms with van der Waals surface area (Å²) in [5, 5.41) is 0. The standard InChI is InChI=1S/C16H21F2NO/c1-3-16(4-2,19-9-5-6-10-19)15(20)13-11-12(17)7-8-14(13)18/h7-8,11H,3-6,9-10H2,1-2H3. The summed E-state index contributed by atoms with van der Waals surface area (Å²) in [6.45, 7) is 5.59. The second-order valence-corrected chi connectivity index (χ2v) is 5.39. The van der Waals surface area contributed by atoms with Gasteiger partial charge in [-0.25, -0.2) is 8.78 Å². The zero-order chi connectivity index (χ0) is 14.8. The highest BCUT2D eigenvalue weighted by Crippen LogP contribution is 2.32. The molecule has 110 valence electrons. The summed E-state index contributed by atoms with van der Waals surface area (Å²) in [7, 11) is 0. The van der Waals surface area contributed by atoms with Crippen molar-refractivity contribution in [3.63, 3.8) is 0 Å². The van der Waals surface area contributed by atoms with E-state index in [0.29, 0.717) is 12.8 Å². The maximum absolute atomic E-state index is 13.9. The Morgan fingerprint density at radius 3 is 2.35 bits per heavy atom. The molecule has 1 aliphatic heterocycles. The molecule has 1 aromatic carbocycles. The summed E-state index contributed by atoms with van der Waals surface area (Å²) >= 11 is 0. The maximum atomic E-state index is 13.9. The summed E-state index contributed by atoms with van der Waals surface area (Å²) in [6, 6.07) is 3.10. The molecule has 1 aliphatic rings. The Balaban J connectivity index is 2.43. The molecule has 4 heteroatoms. The first-order valence-corrected chi connectivity index (χ1v) is 7.30. The number of carbonyl (C=O) groups is 1. The van der Waals surface area contributed by atoms with Crippen LogP contribution in [0.3, 0.4) is 0 Å². The number of carbonyl (C=O) groups excluding carboxylic acids is 1. The third-order valence-corrected chi connectivity index (χ3v) is 4.48. The van der Waals surface area contributed by atoms with E-state index in [4.69, 9.17) is 0 Å². The minimum absolute atomic E-state index is 0.124. The second-order valence-electron chi connectivity index (χ2n) is 5.39. The van der Waals surface area contributed by atoms with Gasteiger partial charge in [-0.2, -0.15) is 0 Å². The minimum atomic E-state index is -0.703. The molecule has 0 aliphatic carbocycles. The molecular formula is C16H21F2NO. The van der Waals surface area contributed by atoms with Crippen LogP contribution in [0.25, 0.3) is 0 Å². The van der Waals surface area contributed by atoms with Crippen LogP contribution in [-0.4, -0.2) is 29.3 Å². The van der Waals surface area contributed by atoms with Crippen molar-refractivity contribution in [3.8, 4) is 0 Å². The normalized spacial score (nSPS) is 16.6. The van der Waals surface area contributed by atoms with Gasteiger partial charge in [-0.1, -0.05) is 13.8 Å². The molecule has 20 heavy (non-hydrogen) atoms. The molecule has 0 atom stereocenters. The highest BCUT2D eigenvalue weighted by Gasteiger charge is 2.43. The van der Waals surface area contributed by atoms with Crippen LogP contribution in [-0.2, 0) is 0 Å². The third kappa shape index (κ3) is 2.49. The van der Waals surface area contributed by atoms with Crippen molar-refractivity contribution in [3.05, 3.63) is 35.4 Å². The van der Waals surface area contributed by atoms with Gasteiger partial charge in [0.2, 0.25) is 0 Å². The van der Waals surface area contributed by atoms with Crippen LogP contribution >= 0.6 is 0 Å². The van der Waals surface area contributed by atoms with Crippen molar-refractivity contribution < 1.29 is 13.6 Å². The van der Waals surface area contributed by atoms with Crippen LogP contribution < -0.4 is 0 Å². The fourth-order valence-corrected chi connectivity index (χ4v) is 3.23. The molecule has 1 fully saturated rings. The monoisotopic (exact) mass is 281 g/mol. The molecule has 0 saturated carbocycles. The van der Waals surface area contributed by atoms with Gasteiger partial charge in [-0.15, -0.1) is 0 Å². The van der Waals surface area contributed by atoms with Crippen LogP contribution in [0.5, 0.6) is 0 Å². The molecule has 0 bridgehead atoms. The number of halogens is 2. The summed E-state index contributed by atoms with van der Waals surface area (Å²) in [5.41, 5.74) is -0.828. The van der Waals surface area contributed by atoms with E-state index in [1.807, 2.05) is 13.8 Å². The first-order valence-electron chi connectivity index (χ1n) is 7.30. The molecule has 0 unspecified atom stereocenters. The van der Waals surface area contributed by atoms with Crippen LogP contribution in [0, 0.1) is 11.6 Å². The van der Waals surface area contributed by atoms with Gasteiger partial charge >= 0.3 is 0 Å². The molecule has 1 aromatic rings. The molecule has 1 saturated heterocycles. The zero-order valence-electron chi connectivity index (χ0n) is 12.1.